The van der Waals surface area contributed by atoms with Gasteiger partial charge in [-0.25, -0.2) is 9.97 Å². The molecule has 0 aliphatic rings. The number of amides is 2. The largest absolute Gasteiger partial charge is 0.439 e. The van der Waals surface area contributed by atoms with Crippen molar-refractivity contribution in [2.75, 3.05) is 6.54 Å². The number of alkyl halides is 3. The van der Waals surface area contributed by atoms with Crippen LogP contribution in [0, 0.1) is 0 Å². The number of benzene rings is 4. The van der Waals surface area contributed by atoms with Crippen LogP contribution >= 0.6 is 24.8 Å². The van der Waals surface area contributed by atoms with Gasteiger partial charge in [0.25, 0.3) is 0 Å². The lowest BCUT2D eigenvalue weighted by Crippen LogP contribution is -2.16. The molecule has 0 atom stereocenters. The number of primary amides is 2. The molecule has 2 heterocycles. The molecule has 2 aromatic heterocycles. The summed E-state index contributed by atoms with van der Waals surface area (Å²) in [5, 5.41) is 6.50. The molecular weight excluding hydrogens is 780 g/mol. The molecule has 10 nitrogen and oxygen atoms in total. The standard InChI is InChI=1S/C21H18F3N3O2.C21H21N3O2.2ClH/c22-21(23,24)17-3-1-2-14(10-17)11-26-12-15-4-9-19(27-13-15)29-18-7-5-16(6-8-18)20(25)28;22-21(25)18-7-9-19(10-8-18)26-20-11-6-17(15-24-20)14-23-13-12-16-4-2-1-3-5-16;;/h1-10,13,26H,11-12H2,(H2,25,28);1-11,15,23H,12-14H2,(H2,22,25);2*1H. The number of rotatable bonds is 15. The highest BCUT2D eigenvalue weighted by atomic mass is 35.5. The van der Waals surface area contributed by atoms with E-state index in [1.807, 2.05) is 18.2 Å². The van der Waals surface area contributed by atoms with E-state index in [-0.39, 0.29) is 24.8 Å². The SMILES string of the molecule is Cl.Cl.NC(=O)c1ccc(Oc2ccc(CNCCc3ccccc3)cn2)cc1.NC(=O)c1ccc(Oc2ccc(CNCc3cccc(C(F)(F)F)c3)cn2)cc1. The molecule has 0 saturated carbocycles. The van der Waals surface area contributed by atoms with E-state index < -0.39 is 23.6 Å². The maximum atomic E-state index is 12.7. The van der Waals surface area contributed by atoms with E-state index in [9.17, 15) is 22.8 Å². The molecule has 0 bridgehead atoms. The van der Waals surface area contributed by atoms with Gasteiger partial charge in [-0.3, -0.25) is 9.59 Å². The van der Waals surface area contributed by atoms with Gasteiger partial charge < -0.3 is 31.6 Å². The van der Waals surface area contributed by atoms with E-state index in [0.29, 0.717) is 53.0 Å². The zero-order chi connectivity index (χ0) is 39.0. The van der Waals surface area contributed by atoms with E-state index in [1.54, 1.807) is 79.1 Å². The Labute approximate surface area is 340 Å². The van der Waals surface area contributed by atoms with Crippen molar-refractivity contribution < 1.29 is 32.2 Å². The second kappa shape index (κ2) is 22.5. The highest BCUT2D eigenvalue weighted by molar-refractivity contribution is 5.93. The zero-order valence-electron chi connectivity index (χ0n) is 30.4. The fourth-order valence-corrected chi connectivity index (χ4v) is 5.09. The minimum absolute atomic E-state index is 0. The topological polar surface area (TPSA) is 154 Å². The Morgan fingerprint density at radius 3 is 1.49 bits per heavy atom. The Kier molecular flexibility index (Phi) is 17.9. The van der Waals surface area contributed by atoms with Gasteiger partial charge in [-0.1, -0.05) is 60.7 Å². The number of halogens is 5. The van der Waals surface area contributed by atoms with Gasteiger partial charge in [0, 0.05) is 55.3 Å². The molecule has 0 spiro atoms. The lowest BCUT2D eigenvalue weighted by molar-refractivity contribution is -0.137. The van der Waals surface area contributed by atoms with Crippen LogP contribution in [-0.2, 0) is 32.2 Å². The molecule has 0 aliphatic carbocycles. The molecule has 6 rings (SSSR count). The predicted octanol–water partition coefficient (Wildman–Crippen LogP) is 8.43. The van der Waals surface area contributed by atoms with Crippen molar-refractivity contribution >= 4 is 36.6 Å². The molecule has 0 unspecified atom stereocenters. The predicted molar refractivity (Wildman–Crippen MR) is 217 cm³/mol. The summed E-state index contributed by atoms with van der Waals surface area (Å²) >= 11 is 0. The fourth-order valence-electron chi connectivity index (χ4n) is 5.09. The van der Waals surface area contributed by atoms with Gasteiger partial charge in [0.05, 0.1) is 5.56 Å². The summed E-state index contributed by atoms with van der Waals surface area (Å²) in [5.41, 5.74) is 14.4. The average molecular weight is 822 g/mol. The molecule has 0 fully saturated rings. The lowest BCUT2D eigenvalue weighted by Gasteiger charge is -2.10. The quantitative estimate of drug-likeness (QED) is 0.0753. The summed E-state index contributed by atoms with van der Waals surface area (Å²) in [7, 11) is 0. The van der Waals surface area contributed by atoms with Crippen LogP contribution in [-0.4, -0.2) is 28.3 Å². The second-order valence-electron chi connectivity index (χ2n) is 12.2. The van der Waals surface area contributed by atoms with Crippen LogP contribution in [0.15, 0.2) is 140 Å². The fraction of sp³-hybridized carbons (Fsp3) is 0.143. The summed E-state index contributed by atoms with van der Waals surface area (Å²) in [6.45, 7) is 2.41. The molecule has 4 aromatic carbocycles. The van der Waals surface area contributed by atoms with Crippen molar-refractivity contribution in [2.45, 2.75) is 32.2 Å². The van der Waals surface area contributed by atoms with Gasteiger partial charge in [-0.2, -0.15) is 13.2 Å². The van der Waals surface area contributed by atoms with Crippen LogP contribution in [0.1, 0.15) is 48.5 Å². The van der Waals surface area contributed by atoms with Gasteiger partial charge in [0.1, 0.15) is 11.5 Å². The molecule has 6 aromatic rings. The third-order valence-electron chi connectivity index (χ3n) is 7.99. The van der Waals surface area contributed by atoms with Gasteiger partial charge in [-0.05, 0) is 89.8 Å². The molecular formula is C42H41Cl2F3N6O4. The molecule has 0 saturated heterocycles. The van der Waals surface area contributed by atoms with Gasteiger partial charge in [0.15, 0.2) is 0 Å². The van der Waals surface area contributed by atoms with Crippen LogP contribution in [0.4, 0.5) is 13.2 Å². The maximum absolute atomic E-state index is 12.7. The van der Waals surface area contributed by atoms with Gasteiger partial charge in [0.2, 0.25) is 23.6 Å². The van der Waals surface area contributed by atoms with E-state index in [0.717, 1.165) is 42.8 Å². The molecule has 0 aliphatic heterocycles. The Morgan fingerprint density at radius 2 is 1.04 bits per heavy atom. The molecule has 2 amide bonds. The first-order chi connectivity index (χ1) is 26.5. The summed E-state index contributed by atoms with van der Waals surface area (Å²) in [4.78, 5) is 30.6. The number of hydrogen-bond donors (Lipinski definition) is 4. The molecule has 6 N–H and O–H groups in total. The minimum Gasteiger partial charge on any atom is -0.439 e. The van der Waals surface area contributed by atoms with Crippen molar-refractivity contribution in [1.82, 2.24) is 20.6 Å². The molecule has 57 heavy (non-hydrogen) atoms. The third kappa shape index (κ3) is 15.2. The monoisotopic (exact) mass is 820 g/mol. The van der Waals surface area contributed by atoms with Crippen LogP contribution in [0.5, 0.6) is 23.3 Å². The number of carbonyl (C=O) groups is 2. The average Bonchev–Trinajstić information content (AvgIpc) is 3.19. The van der Waals surface area contributed by atoms with Crippen molar-refractivity contribution in [1.29, 1.82) is 0 Å². The van der Waals surface area contributed by atoms with Crippen molar-refractivity contribution in [2.24, 2.45) is 11.5 Å². The number of nitrogens with zero attached hydrogens (tertiary/aromatic N) is 2. The number of ether oxygens (including phenoxy) is 2. The Bertz CT molecular complexity index is 2130. The van der Waals surface area contributed by atoms with Crippen LogP contribution in [0.2, 0.25) is 0 Å². The van der Waals surface area contributed by atoms with E-state index in [2.05, 4.69) is 44.9 Å². The van der Waals surface area contributed by atoms with Gasteiger partial charge in [-0.15, -0.1) is 24.8 Å². The Morgan fingerprint density at radius 1 is 0.561 bits per heavy atom. The van der Waals surface area contributed by atoms with E-state index in [1.165, 1.54) is 11.6 Å². The summed E-state index contributed by atoms with van der Waals surface area (Å²) in [6, 6.07) is 35.9. The van der Waals surface area contributed by atoms with Crippen molar-refractivity contribution in [3.8, 4) is 23.3 Å². The lowest BCUT2D eigenvalue weighted by atomic mass is 10.1. The minimum atomic E-state index is -4.35. The van der Waals surface area contributed by atoms with E-state index >= 15 is 0 Å². The molecule has 15 heteroatoms. The first-order valence-corrected chi connectivity index (χ1v) is 17.2. The van der Waals surface area contributed by atoms with Crippen LogP contribution < -0.4 is 31.6 Å². The summed E-state index contributed by atoms with van der Waals surface area (Å²) in [5.74, 6) is 1.02. The highest BCUT2D eigenvalue weighted by Crippen LogP contribution is 2.29. The Hall–Kier alpha value is -5.99. The Balaban J connectivity index is 0.000000297. The maximum Gasteiger partial charge on any atom is 0.416 e. The number of pyridine rings is 2. The summed E-state index contributed by atoms with van der Waals surface area (Å²) in [6.07, 6.45) is 0.0571. The second-order valence-corrected chi connectivity index (χ2v) is 12.2. The number of aromatic nitrogens is 2. The normalized spacial score (nSPS) is 10.5. The van der Waals surface area contributed by atoms with Crippen LogP contribution in [0.3, 0.4) is 0 Å². The highest BCUT2D eigenvalue weighted by Gasteiger charge is 2.30. The molecule has 0 radical (unpaired) electrons. The first kappa shape index (κ1) is 45.4. The zero-order valence-corrected chi connectivity index (χ0v) is 32.1. The third-order valence-corrected chi connectivity index (χ3v) is 7.99. The number of hydrogen-bond acceptors (Lipinski definition) is 8. The van der Waals surface area contributed by atoms with E-state index in [4.69, 9.17) is 20.9 Å². The number of nitrogens with two attached hydrogens (primary N) is 2. The number of nitrogens with one attached hydrogen (secondary N) is 2. The smallest absolute Gasteiger partial charge is 0.416 e. The number of carbonyl (C=O) groups excluding carboxylic acids is 2. The molecule has 298 valence electrons. The summed E-state index contributed by atoms with van der Waals surface area (Å²) < 4.78 is 49.5. The van der Waals surface area contributed by atoms with Gasteiger partial charge >= 0.3 is 6.18 Å². The van der Waals surface area contributed by atoms with Crippen molar-refractivity contribution in [3.63, 3.8) is 0 Å². The van der Waals surface area contributed by atoms with Crippen LogP contribution in [0.25, 0.3) is 0 Å². The first-order valence-electron chi connectivity index (χ1n) is 17.2. The van der Waals surface area contributed by atoms with Crippen molar-refractivity contribution in [3.05, 3.63) is 179 Å².